The Morgan fingerprint density at radius 3 is 2.38 bits per heavy atom. The van der Waals surface area contributed by atoms with Crippen LogP contribution in [0.25, 0.3) is 0 Å². The largest absolute Gasteiger partial charge is 0.343 e. The van der Waals surface area contributed by atoms with E-state index in [-0.39, 0.29) is 17.6 Å². The van der Waals surface area contributed by atoms with Gasteiger partial charge in [-0.3, -0.25) is 14.4 Å². The molecule has 0 bridgehead atoms. The third kappa shape index (κ3) is 4.43. The number of hydrogen-bond donors (Lipinski definition) is 0. The lowest BCUT2D eigenvalue weighted by atomic mass is 9.93. The van der Waals surface area contributed by atoms with E-state index in [1.165, 1.54) is 6.92 Å². The van der Waals surface area contributed by atoms with Crippen molar-refractivity contribution in [2.24, 2.45) is 5.92 Å². The Morgan fingerprint density at radius 1 is 1.17 bits per heavy atom. The van der Waals surface area contributed by atoms with E-state index in [4.69, 9.17) is 0 Å². The number of hydrogen-bond acceptors (Lipinski definition) is 3. The molecule has 0 N–H and O–H groups in total. The monoisotopic (exact) mass is 330 g/mol. The molecule has 1 fully saturated rings. The summed E-state index contributed by atoms with van der Waals surface area (Å²) < 4.78 is 0. The number of ketones is 1. The molecule has 130 valence electrons. The lowest BCUT2D eigenvalue weighted by molar-refractivity contribution is -0.130. The first-order valence-electron chi connectivity index (χ1n) is 8.59. The average Bonchev–Trinajstić information content (AvgIpc) is 2.56. The van der Waals surface area contributed by atoms with E-state index >= 15 is 0 Å². The number of anilines is 1. The number of amides is 2. The number of piperidine rings is 1. The van der Waals surface area contributed by atoms with Crippen molar-refractivity contribution in [3.8, 4) is 0 Å². The summed E-state index contributed by atoms with van der Waals surface area (Å²) in [6, 6.07) is 7.23. The van der Waals surface area contributed by atoms with E-state index in [0.717, 1.165) is 31.6 Å². The van der Waals surface area contributed by atoms with Crippen molar-refractivity contribution in [1.29, 1.82) is 0 Å². The highest BCUT2D eigenvalue weighted by Crippen LogP contribution is 2.24. The molecule has 0 saturated carbocycles. The Balaban J connectivity index is 2.01. The zero-order valence-electron chi connectivity index (χ0n) is 14.7. The van der Waals surface area contributed by atoms with Crippen LogP contribution in [0.2, 0.25) is 0 Å². The Bertz CT molecular complexity index is 619. The molecule has 0 unspecified atom stereocenters. The molecule has 1 aromatic carbocycles. The minimum absolute atomic E-state index is 0.00282. The standard InChI is InChI=1S/C19H26N2O3/c1-4-21(18-7-5-6-17(13-18)14(2)22)19(24)12-16-8-10-20(11-9-16)15(3)23/h5-7,13,16H,4,8-12H2,1-3H3. The first kappa shape index (κ1) is 18.2. The smallest absolute Gasteiger partial charge is 0.227 e. The summed E-state index contributed by atoms with van der Waals surface area (Å²) in [5, 5.41) is 0. The lowest BCUT2D eigenvalue weighted by Gasteiger charge is -2.32. The normalized spacial score (nSPS) is 15.2. The van der Waals surface area contributed by atoms with Gasteiger partial charge in [0.15, 0.2) is 5.78 Å². The molecule has 0 aliphatic carbocycles. The van der Waals surface area contributed by atoms with E-state index in [1.807, 2.05) is 24.0 Å². The summed E-state index contributed by atoms with van der Waals surface area (Å²) in [6.07, 6.45) is 2.23. The van der Waals surface area contributed by atoms with Crippen LogP contribution < -0.4 is 4.90 Å². The maximum Gasteiger partial charge on any atom is 0.227 e. The van der Waals surface area contributed by atoms with Crippen LogP contribution in [-0.4, -0.2) is 42.1 Å². The van der Waals surface area contributed by atoms with E-state index < -0.39 is 0 Å². The summed E-state index contributed by atoms with van der Waals surface area (Å²) in [6.45, 7) is 7.11. The van der Waals surface area contributed by atoms with Gasteiger partial charge in [-0.15, -0.1) is 0 Å². The van der Waals surface area contributed by atoms with Gasteiger partial charge in [0.05, 0.1) is 0 Å². The van der Waals surface area contributed by atoms with Gasteiger partial charge in [0.1, 0.15) is 0 Å². The average molecular weight is 330 g/mol. The van der Waals surface area contributed by atoms with E-state index in [2.05, 4.69) is 0 Å². The molecular formula is C19H26N2O3. The summed E-state index contributed by atoms with van der Waals surface area (Å²) in [7, 11) is 0. The molecule has 1 aromatic rings. The quantitative estimate of drug-likeness (QED) is 0.780. The molecule has 0 spiro atoms. The molecule has 1 aliphatic rings. The van der Waals surface area contributed by atoms with Crippen LogP contribution in [0.3, 0.4) is 0 Å². The number of rotatable bonds is 5. The topological polar surface area (TPSA) is 57.7 Å². The van der Waals surface area contributed by atoms with Crippen LogP contribution >= 0.6 is 0 Å². The van der Waals surface area contributed by atoms with Crippen molar-refractivity contribution in [3.63, 3.8) is 0 Å². The van der Waals surface area contributed by atoms with Crippen molar-refractivity contribution in [1.82, 2.24) is 4.90 Å². The zero-order valence-corrected chi connectivity index (χ0v) is 14.7. The molecule has 0 atom stereocenters. The van der Waals surface area contributed by atoms with E-state index in [0.29, 0.717) is 24.4 Å². The highest BCUT2D eigenvalue weighted by Gasteiger charge is 2.25. The van der Waals surface area contributed by atoms with Crippen molar-refractivity contribution >= 4 is 23.3 Å². The fourth-order valence-electron chi connectivity index (χ4n) is 3.20. The Kier molecular flexibility index (Phi) is 6.12. The van der Waals surface area contributed by atoms with Gasteiger partial charge in [-0.1, -0.05) is 12.1 Å². The SMILES string of the molecule is CCN(C(=O)CC1CCN(C(C)=O)CC1)c1cccc(C(C)=O)c1. The van der Waals surface area contributed by atoms with Crippen LogP contribution in [0, 0.1) is 5.92 Å². The number of Topliss-reactive ketones (excluding diaryl/α,β-unsaturated/α-hetero) is 1. The van der Waals surface area contributed by atoms with Crippen molar-refractivity contribution in [2.75, 3.05) is 24.5 Å². The predicted octanol–water partition coefficient (Wildman–Crippen LogP) is 2.89. The number of benzene rings is 1. The van der Waals surface area contributed by atoms with Crippen LogP contribution in [-0.2, 0) is 9.59 Å². The molecule has 0 radical (unpaired) electrons. The highest BCUT2D eigenvalue weighted by molar-refractivity contribution is 5.98. The molecular weight excluding hydrogens is 304 g/mol. The summed E-state index contributed by atoms with van der Waals surface area (Å²) in [4.78, 5) is 39.2. The molecule has 2 rings (SSSR count). The Morgan fingerprint density at radius 2 is 1.83 bits per heavy atom. The summed E-state index contributed by atoms with van der Waals surface area (Å²) >= 11 is 0. The number of carbonyl (C=O) groups excluding carboxylic acids is 3. The van der Waals surface area contributed by atoms with Crippen LogP contribution in [0.15, 0.2) is 24.3 Å². The van der Waals surface area contributed by atoms with Gasteiger partial charge in [0.25, 0.3) is 0 Å². The first-order chi connectivity index (χ1) is 11.4. The highest BCUT2D eigenvalue weighted by atomic mass is 16.2. The second-order valence-electron chi connectivity index (χ2n) is 6.40. The molecule has 24 heavy (non-hydrogen) atoms. The predicted molar refractivity (Wildman–Crippen MR) is 94.1 cm³/mol. The summed E-state index contributed by atoms with van der Waals surface area (Å²) in [5.41, 5.74) is 1.39. The molecule has 1 saturated heterocycles. The maximum atomic E-state index is 12.7. The second-order valence-corrected chi connectivity index (χ2v) is 6.40. The van der Waals surface area contributed by atoms with Gasteiger partial charge in [-0.25, -0.2) is 0 Å². The third-order valence-electron chi connectivity index (χ3n) is 4.70. The molecule has 1 aliphatic heterocycles. The minimum atomic E-state index is -0.00282. The van der Waals surface area contributed by atoms with Crippen molar-refractivity contribution < 1.29 is 14.4 Å². The van der Waals surface area contributed by atoms with Crippen molar-refractivity contribution in [3.05, 3.63) is 29.8 Å². The van der Waals surface area contributed by atoms with Crippen LogP contribution in [0.4, 0.5) is 5.69 Å². The third-order valence-corrected chi connectivity index (χ3v) is 4.70. The van der Waals surface area contributed by atoms with Gasteiger partial charge in [0, 0.05) is 44.2 Å². The van der Waals surface area contributed by atoms with E-state index in [9.17, 15) is 14.4 Å². The zero-order chi connectivity index (χ0) is 17.7. The maximum absolute atomic E-state index is 12.7. The van der Waals surface area contributed by atoms with Crippen LogP contribution in [0.5, 0.6) is 0 Å². The minimum Gasteiger partial charge on any atom is -0.343 e. The number of carbonyl (C=O) groups is 3. The van der Waals surface area contributed by atoms with Crippen molar-refractivity contribution in [2.45, 2.75) is 40.0 Å². The van der Waals surface area contributed by atoms with Gasteiger partial charge in [-0.05, 0) is 44.7 Å². The van der Waals surface area contributed by atoms with Gasteiger partial charge in [0.2, 0.25) is 11.8 Å². The Hall–Kier alpha value is -2.17. The van der Waals surface area contributed by atoms with Gasteiger partial charge in [-0.2, -0.15) is 0 Å². The first-order valence-corrected chi connectivity index (χ1v) is 8.59. The molecule has 5 heteroatoms. The number of nitrogens with zero attached hydrogens (tertiary/aromatic N) is 2. The molecule has 1 heterocycles. The Labute approximate surface area is 143 Å². The van der Waals surface area contributed by atoms with Gasteiger partial charge >= 0.3 is 0 Å². The molecule has 5 nitrogen and oxygen atoms in total. The van der Waals surface area contributed by atoms with E-state index in [1.54, 1.807) is 24.0 Å². The summed E-state index contributed by atoms with van der Waals surface area (Å²) in [5.74, 6) is 0.505. The fraction of sp³-hybridized carbons (Fsp3) is 0.526. The molecule has 0 aromatic heterocycles. The fourth-order valence-corrected chi connectivity index (χ4v) is 3.20. The number of likely N-dealkylation sites (tertiary alicyclic amines) is 1. The lowest BCUT2D eigenvalue weighted by Crippen LogP contribution is -2.39. The second kappa shape index (κ2) is 8.08. The van der Waals surface area contributed by atoms with Gasteiger partial charge < -0.3 is 9.80 Å². The van der Waals surface area contributed by atoms with Crippen LogP contribution in [0.1, 0.15) is 50.4 Å². The molecule has 2 amide bonds.